The normalized spacial score (nSPS) is 14.0. The van der Waals surface area contributed by atoms with Crippen molar-refractivity contribution < 1.29 is 17.9 Å². The second-order valence-electron chi connectivity index (χ2n) is 8.61. The van der Waals surface area contributed by atoms with Gasteiger partial charge in [0.05, 0.1) is 33.8 Å². The van der Waals surface area contributed by atoms with Crippen molar-refractivity contribution in [3.8, 4) is 5.75 Å². The van der Waals surface area contributed by atoms with Gasteiger partial charge in [0.2, 0.25) is 0 Å². The average Bonchev–Trinajstić information content (AvgIpc) is 2.85. The van der Waals surface area contributed by atoms with Crippen LogP contribution in [0, 0.1) is 0 Å². The number of ether oxygens (including phenoxy) is 1. The van der Waals surface area contributed by atoms with E-state index >= 15 is 0 Å². The molecule has 3 N–H and O–H groups in total. The lowest BCUT2D eigenvalue weighted by atomic mass is 9.98. The molecule has 0 radical (unpaired) electrons. The summed E-state index contributed by atoms with van der Waals surface area (Å²) >= 11 is 12.3. The number of benzene rings is 3. The van der Waals surface area contributed by atoms with Crippen molar-refractivity contribution >= 4 is 44.8 Å². The maximum absolute atomic E-state index is 13.1. The summed E-state index contributed by atoms with van der Waals surface area (Å²) < 4.78 is 31.8. The lowest BCUT2D eigenvalue weighted by molar-refractivity contribution is 0.249. The Morgan fingerprint density at radius 1 is 1.11 bits per heavy atom. The van der Waals surface area contributed by atoms with Crippen LogP contribution in [0.2, 0.25) is 10.0 Å². The van der Waals surface area contributed by atoms with Gasteiger partial charge in [0.25, 0.3) is 0 Å². The minimum atomic E-state index is -3.63. The summed E-state index contributed by atoms with van der Waals surface area (Å²) in [6, 6.07) is 14.3. The molecule has 3 aromatic rings. The summed E-state index contributed by atoms with van der Waals surface area (Å²) in [6.07, 6.45) is 0.844. The molecule has 2 amide bonds. The molecule has 0 saturated heterocycles. The Bertz CT molecular complexity index is 1380. The summed E-state index contributed by atoms with van der Waals surface area (Å²) in [5, 5.41) is 9.61. The fourth-order valence-electron chi connectivity index (χ4n) is 4.19. The Hall–Kier alpha value is -2.78. The van der Waals surface area contributed by atoms with E-state index in [9.17, 15) is 13.2 Å². The van der Waals surface area contributed by atoms with Crippen LogP contribution in [-0.2, 0) is 28.6 Å². The van der Waals surface area contributed by atoms with E-state index in [2.05, 4.69) is 16.0 Å². The molecule has 36 heavy (non-hydrogen) atoms. The number of urea groups is 1. The fraction of sp³-hybridized carbons (Fsp3) is 0.269. The highest BCUT2D eigenvalue weighted by Crippen LogP contribution is 2.31. The number of nitrogens with one attached hydrogen (secondary N) is 3. The first-order valence-corrected chi connectivity index (χ1v) is 13.8. The molecule has 0 fully saturated rings. The van der Waals surface area contributed by atoms with Crippen LogP contribution in [0.1, 0.15) is 35.2 Å². The average molecular weight is 548 g/mol. The number of fused-ring (bicyclic) bond motifs is 1. The number of halogens is 2. The fourth-order valence-corrected chi connectivity index (χ4v) is 6.02. The number of carbonyl (C=O) groups excluding carboxylic acids is 1. The van der Waals surface area contributed by atoms with Crippen molar-refractivity contribution in [2.45, 2.75) is 36.6 Å². The van der Waals surface area contributed by atoms with Crippen LogP contribution in [0.5, 0.6) is 5.75 Å². The number of amides is 2. The highest BCUT2D eigenvalue weighted by Gasteiger charge is 2.21. The number of hydrogen-bond donors (Lipinski definition) is 3. The van der Waals surface area contributed by atoms with Gasteiger partial charge < -0.3 is 20.7 Å². The zero-order valence-corrected chi connectivity index (χ0v) is 22.2. The Morgan fingerprint density at radius 2 is 1.86 bits per heavy atom. The molecule has 0 aliphatic carbocycles. The smallest absolute Gasteiger partial charge is 0.319 e. The van der Waals surface area contributed by atoms with E-state index in [0.29, 0.717) is 32.6 Å². The number of methoxy groups -OCH3 is 1. The van der Waals surface area contributed by atoms with Crippen LogP contribution >= 0.6 is 23.2 Å². The summed E-state index contributed by atoms with van der Waals surface area (Å²) in [6.45, 7) is 3.39. The molecule has 0 spiro atoms. The Kier molecular flexibility index (Phi) is 8.10. The lowest BCUT2D eigenvalue weighted by Gasteiger charge is -2.20. The third-order valence-corrected chi connectivity index (χ3v) is 8.62. The molecule has 0 aromatic heterocycles. The highest BCUT2D eigenvalue weighted by molar-refractivity contribution is 7.90. The number of carbonyl (C=O) groups is 1. The van der Waals surface area contributed by atoms with Crippen LogP contribution in [0.4, 0.5) is 10.5 Å². The van der Waals surface area contributed by atoms with Gasteiger partial charge in [0, 0.05) is 17.8 Å². The molecular weight excluding hydrogens is 521 g/mol. The molecule has 1 atom stereocenters. The first kappa shape index (κ1) is 26.3. The lowest BCUT2D eigenvalue weighted by Crippen LogP contribution is -2.31. The quantitative estimate of drug-likeness (QED) is 0.362. The zero-order valence-electron chi connectivity index (χ0n) is 19.9. The van der Waals surface area contributed by atoms with Crippen LogP contribution in [0.25, 0.3) is 0 Å². The van der Waals surface area contributed by atoms with E-state index in [-0.39, 0.29) is 10.6 Å². The molecule has 0 bridgehead atoms. The molecule has 1 aliphatic heterocycles. The molecule has 1 unspecified atom stereocenters. The largest absolute Gasteiger partial charge is 0.496 e. The summed E-state index contributed by atoms with van der Waals surface area (Å²) in [7, 11) is -2.09. The standard InChI is InChI=1S/C26H27Cl2N3O4S/c1-16(22-4-3-5-23(27)25(22)28)30-26(32)31-20-6-8-21(9-7-20)36(33,34)15-19-12-17-10-11-29-14-18(17)13-24(19)35-2/h3-9,12-13,16,29H,10-11,14-15H2,1-2H3,(H2,30,31,32). The van der Waals surface area contributed by atoms with Crippen LogP contribution in [0.3, 0.4) is 0 Å². The molecule has 1 aliphatic rings. The van der Waals surface area contributed by atoms with E-state index < -0.39 is 21.9 Å². The second-order valence-corrected chi connectivity index (χ2v) is 11.4. The Labute approximate surface area is 221 Å². The van der Waals surface area contributed by atoms with Crippen molar-refractivity contribution in [1.82, 2.24) is 10.6 Å². The predicted molar refractivity (Wildman–Crippen MR) is 143 cm³/mol. The van der Waals surface area contributed by atoms with Crippen LogP contribution in [0.15, 0.2) is 59.5 Å². The van der Waals surface area contributed by atoms with Crippen molar-refractivity contribution in [2.75, 3.05) is 19.0 Å². The SMILES string of the molecule is COc1cc2c(cc1CS(=O)(=O)c1ccc(NC(=O)NC(C)c3cccc(Cl)c3Cl)cc1)CCNC2. The van der Waals surface area contributed by atoms with E-state index in [1.165, 1.54) is 12.1 Å². The van der Waals surface area contributed by atoms with Gasteiger partial charge in [-0.25, -0.2) is 13.2 Å². The van der Waals surface area contributed by atoms with Crippen molar-refractivity contribution in [2.24, 2.45) is 0 Å². The molecule has 0 saturated carbocycles. The first-order valence-electron chi connectivity index (χ1n) is 11.4. The van der Waals surface area contributed by atoms with Crippen molar-refractivity contribution in [1.29, 1.82) is 0 Å². The Morgan fingerprint density at radius 3 is 2.58 bits per heavy atom. The zero-order chi connectivity index (χ0) is 25.9. The first-order chi connectivity index (χ1) is 17.2. The minimum absolute atomic E-state index is 0.161. The van der Waals surface area contributed by atoms with Crippen LogP contribution in [-0.4, -0.2) is 28.1 Å². The number of hydrogen-bond acceptors (Lipinski definition) is 5. The predicted octanol–water partition coefficient (Wildman–Crippen LogP) is 5.50. The highest BCUT2D eigenvalue weighted by atomic mass is 35.5. The van der Waals surface area contributed by atoms with Gasteiger partial charge in [-0.1, -0.05) is 41.4 Å². The van der Waals surface area contributed by atoms with E-state index in [4.69, 9.17) is 27.9 Å². The van der Waals surface area contributed by atoms with Gasteiger partial charge in [-0.05, 0) is 73.0 Å². The third-order valence-electron chi connectivity index (χ3n) is 6.10. The van der Waals surface area contributed by atoms with Crippen molar-refractivity contribution in [3.05, 3.63) is 86.9 Å². The summed E-state index contributed by atoms with van der Waals surface area (Å²) in [5.41, 5.74) is 4.04. The maximum atomic E-state index is 13.1. The Balaban J connectivity index is 1.43. The number of sulfone groups is 1. The van der Waals surface area contributed by atoms with Crippen molar-refractivity contribution in [3.63, 3.8) is 0 Å². The second kappa shape index (κ2) is 11.1. The van der Waals surface area contributed by atoms with Gasteiger partial charge in [0.1, 0.15) is 5.75 Å². The molecule has 4 rings (SSSR count). The maximum Gasteiger partial charge on any atom is 0.319 e. The van der Waals surface area contributed by atoms with E-state index in [0.717, 1.165) is 30.6 Å². The number of anilines is 1. The third kappa shape index (κ3) is 5.95. The van der Waals surface area contributed by atoms with Gasteiger partial charge in [-0.2, -0.15) is 0 Å². The molecule has 190 valence electrons. The summed E-state index contributed by atoms with van der Waals surface area (Å²) in [5.74, 6) is 0.382. The summed E-state index contributed by atoms with van der Waals surface area (Å²) in [4.78, 5) is 12.6. The molecule has 10 heteroatoms. The molecular formula is C26H27Cl2N3O4S. The van der Waals surface area contributed by atoms with Gasteiger partial charge >= 0.3 is 6.03 Å². The van der Waals surface area contributed by atoms with E-state index in [1.807, 2.05) is 12.1 Å². The van der Waals surface area contributed by atoms with Gasteiger partial charge in [-0.3, -0.25) is 0 Å². The monoisotopic (exact) mass is 547 g/mol. The van der Waals surface area contributed by atoms with E-state index in [1.54, 1.807) is 44.4 Å². The van der Waals surface area contributed by atoms with Crippen LogP contribution < -0.4 is 20.7 Å². The van der Waals surface area contributed by atoms with Gasteiger partial charge in [-0.15, -0.1) is 0 Å². The number of rotatable bonds is 7. The molecule has 1 heterocycles. The molecule has 7 nitrogen and oxygen atoms in total. The van der Waals surface area contributed by atoms with Gasteiger partial charge in [0.15, 0.2) is 9.84 Å². The minimum Gasteiger partial charge on any atom is -0.496 e. The molecule has 3 aromatic carbocycles. The topological polar surface area (TPSA) is 96.5 Å².